The number of methoxy groups -OCH3 is 1. The first kappa shape index (κ1) is 26.2. The molecule has 0 bridgehead atoms. The van der Waals surface area contributed by atoms with Crippen molar-refractivity contribution in [1.82, 2.24) is 4.90 Å². The molecule has 1 heterocycles. The predicted molar refractivity (Wildman–Crippen MR) is 133 cm³/mol. The molecule has 2 amide bonds. The molecule has 0 saturated heterocycles. The summed E-state index contributed by atoms with van der Waals surface area (Å²) in [4.78, 5) is 30.7. The van der Waals surface area contributed by atoms with Gasteiger partial charge in [0.05, 0.1) is 34.5 Å². The number of nitrogens with one attached hydrogen (secondary N) is 1. The number of nitrogens with zero attached hydrogens (tertiary/aromatic N) is 2. The van der Waals surface area contributed by atoms with Crippen LogP contribution in [0.3, 0.4) is 0 Å². The normalized spacial score (nSPS) is 16.4. The van der Waals surface area contributed by atoms with Crippen LogP contribution in [-0.4, -0.2) is 50.4 Å². The number of carbonyl (C=O) groups is 2. The first-order valence-corrected chi connectivity index (χ1v) is 11.4. The summed E-state index contributed by atoms with van der Waals surface area (Å²) < 4.78 is 25.1. The molecule has 0 aromatic heterocycles. The number of halogens is 2. The molecule has 8 nitrogen and oxygen atoms in total. The molecule has 2 aromatic carbocycles. The Morgan fingerprint density at radius 3 is 2.77 bits per heavy atom. The van der Waals surface area contributed by atoms with Crippen LogP contribution in [0, 0.1) is 5.82 Å². The lowest BCUT2D eigenvalue weighted by Gasteiger charge is -2.27. The molecular formula is C25H28ClFN4O4. The van der Waals surface area contributed by atoms with E-state index in [1.165, 1.54) is 29.4 Å². The number of benzene rings is 2. The van der Waals surface area contributed by atoms with Gasteiger partial charge in [-0.05, 0) is 30.5 Å². The highest BCUT2D eigenvalue weighted by molar-refractivity contribution is 6.31. The highest BCUT2D eigenvalue weighted by Crippen LogP contribution is 2.38. The second-order valence-corrected chi connectivity index (χ2v) is 8.40. The summed E-state index contributed by atoms with van der Waals surface area (Å²) in [5.74, 6) is -0.954. The lowest BCUT2D eigenvalue weighted by molar-refractivity contribution is -0.125. The summed E-state index contributed by atoms with van der Waals surface area (Å²) in [6, 6.07) is 12.2. The Balaban J connectivity index is 1.61. The predicted octanol–water partition coefficient (Wildman–Crippen LogP) is 4.62. The summed E-state index contributed by atoms with van der Waals surface area (Å²) in [7, 11) is 3.21. The molecule has 0 radical (unpaired) electrons. The maximum atomic E-state index is 14.6. The average Bonchev–Trinajstić information content (AvgIpc) is 2.86. The third-order valence-electron chi connectivity index (χ3n) is 5.58. The molecule has 3 N–H and O–H groups in total. The van der Waals surface area contributed by atoms with Crippen molar-refractivity contribution < 1.29 is 23.5 Å². The van der Waals surface area contributed by atoms with Gasteiger partial charge in [-0.25, -0.2) is 9.18 Å². The second-order valence-electron chi connectivity index (χ2n) is 7.99. The molecule has 1 aliphatic heterocycles. The number of anilines is 1. The van der Waals surface area contributed by atoms with Crippen LogP contribution < -0.4 is 11.1 Å². The van der Waals surface area contributed by atoms with Gasteiger partial charge >= 0.3 is 6.09 Å². The summed E-state index contributed by atoms with van der Waals surface area (Å²) in [6.07, 6.45) is 1.91. The number of likely N-dealkylation sites (N-methyl/N-ethyl adjacent to an activating group) is 1. The minimum Gasteiger partial charge on any atom is -0.441 e. The molecule has 2 atom stereocenters. The standard InChI is InChI=1S/C25H28ClFN4O4/c1-31(12-6-9-21-22-19(30-25(33)35-21)11-10-18(26)23(22)27)24(32)17(13-28)14-29-20(15-34-2)16-7-4-3-5-8-16/h3-5,7-8,10-11,13-14,20-21H,6,9,12,15,28H2,1-2H3,(H,30,33)/b17-13+,29-14?. The van der Waals surface area contributed by atoms with Crippen LogP contribution in [0.25, 0.3) is 0 Å². The van der Waals surface area contributed by atoms with Crippen LogP contribution in [0.1, 0.15) is 36.1 Å². The molecule has 2 aromatic rings. The lowest BCUT2D eigenvalue weighted by atomic mass is 10.0. The van der Waals surface area contributed by atoms with Crippen molar-refractivity contribution in [3.05, 3.63) is 76.2 Å². The van der Waals surface area contributed by atoms with Crippen LogP contribution in [-0.2, 0) is 14.3 Å². The molecule has 10 heteroatoms. The number of ether oxygens (including phenoxy) is 2. The zero-order valence-corrected chi connectivity index (χ0v) is 20.3. The van der Waals surface area contributed by atoms with Gasteiger partial charge in [0.25, 0.3) is 5.91 Å². The Bertz CT molecular complexity index is 1110. The largest absolute Gasteiger partial charge is 0.441 e. The maximum absolute atomic E-state index is 14.6. The molecule has 2 unspecified atom stereocenters. The van der Waals surface area contributed by atoms with Gasteiger partial charge in [-0.3, -0.25) is 15.1 Å². The van der Waals surface area contributed by atoms with Crippen molar-refractivity contribution in [3.63, 3.8) is 0 Å². The van der Waals surface area contributed by atoms with E-state index in [4.69, 9.17) is 26.8 Å². The molecule has 3 rings (SSSR count). The summed E-state index contributed by atoms with van der Waals surface area (Å²) in [5.41, 5.74) is 7.40. The van der Waals surface area contributed by atoms with Crippen molar-refractivity contribution in [1.29, 1.82) is 0 Å². The topological polar surface area (TPSA) is 106 Å². The average molecular weight is 503 g/mol. The van der Waals surface area contributed by atoms with Crippen LogP contribution in [0.5, 0.6) is 0 Å². The molecule has 1 aliphatic rings. The molecule has 0 fully saturated rings. The van der Waals surface area contributed by atoms with E-state index < -0.39 is 18.0 Å². The van der Waals surface area contributed by atoms with E-state index >= 15 is 0 Å². The molecule has 35 heavy (non-hydrogen) atoms. The number of rotatable bonds is 10. The van der Waals surface area contributed by atoms with Crippen molar-refractivity contribution in [3.8, 4) is 0 Å². The molecule has 0 saturated carbocycles. The van der Waals surface area contributed by atoms with Crippen LogP contribution in [0.15, 0.2) is 59.2 Å². The highest BCUT2D eigenvalue weighted by Gasteiger charge is 2.30. The van der Waals surface area contributed by atoms with E-state index in [-0.39, 0.29) is 28.1 Å². The second kappa shape index (κ2) is 12.3. The molecule has 0 spiro atoms. The minimum atomic E-state index is -0.812. The zero-order valence-electron chi connectivity index (χ0n) is 19.5. The first-order valence-electron chi connectivity index (χ1n) is 11.1. The number of cyclic esters (lactones) is 1. The van der Waals surface area contributed by atoms with E-state index in [0.717, 1.165) is 5.56 Å². The summed E-state index contributed by atoms with van der Waals surface area (Å²) in [5, 5.41) is 2.42. The Hall–Kier alpha value is -3.43. The van der Waals surface area contributed by atoms with Crippen LogP contribution in [0.2, 0.25) is 5.02 Å². The molecule has 186 valence electrons. The van der Waals surface area contributed by atoms with Crippen LogP contribution >= 0.6 is 11.6 Å². The summed E-state index contributed by atoms with van der Waals surface area (Å²) >= 11 is 5.90. The zero-order chi connectivity index (χ0) is 25.4. The van der Waals surface area contributed by atoms with Gasteiger partial charge in [0.15, 0.2) is 5.82 Å². The lowest BCUT2D eigenvalue weighted by Crippen LogP contribution is -2.31. The number of amides is 2. The fraction of sp³-hybridized carbons (Fsp3) is 0.320. The maximum Gasteiger partial charge on any atom is 0.412 e. The number of fused-ring (bicyclic) bond motifs is 1. The Morgan fingerprint density at radius 2 is 2.09 bits per heavy atom. The minimum absolute atomic E-state index is 0.0555. The fourth-order valence-electron chi connectivity index (χ4n) is 3.75. The molecule has 0 aliphatic carbocycles. The van der Waals surface area contributed by atoms with Gasteiger partial charge in [-0.2, -0.15) is 0 Å². The molecular weight excluding hydrogens is 475 g/mol. The number of hydrogen-bond acceptors (Lipinski definition) is 6. The van der Waals surface area contributed by atoms with E-state index in [1.807, 2.05) is 30.3 Å². The number of hydrogen-bond donors (Lipinski definition) is 2. The van der Waals surface area contributed by atoms with Gasteiger partial charge < -0.3 is 20.1 Å². The third-order valence-corrected chi connectivity index (χ3v) is 5.87. The van der Waals surface area contributed by atoms with E-state index in [1.54, 1.807) is 14.2 Å². The van der Waals surface area contributed by atoms with E-state index in [2.05, 4.69) is 10.3 Å². The highest BCUT2D eigenvalue weighted by atomic mass is 35.5. The smallest absolute Gasteiger partial charge is 0.412 e. The van der Waals surface area contributed by atoms with Crippen molar-refractivity contribution >= 4 is 35.5 Å². The Labute approximate surface area is 208 Å². The SMILES string of the molecule is COCC(N=C/C(=C\N)C(=O)N(C)CCCC1OC(=O)Nc2ccc(Cl)c(F)c21)c1ccccc1. The number of nitrogens with two attached hydrogens (primary N) is 1. The van der Waals surface area contributed by atoms with Gasteiger partial charge in [0, 0.05) is 33.1 Å². The monoisotopic (exact) mass is 502 g/mol. The Morgan fingerprint density at radius 1 is 1.34 bits per heavy atom. The van der Waals surface area contributed by atoms with Crippen LogP contribution in [0.4, 0.5) is 14.9 Å². The third kappa shape index (κ3) is 6.58. The van der Waals surface area contributed by atoms with Crippen molar-refractivity contribution in [2.45, 2.75) is 25.0 Å². The number of aliphatic imine (C=N–C) groups is 1. The summed E-state index contributed by atoms with van der Waals surface area (Å²) in [6.45, 7) is 0.669. The van der Waals surface area contributed by atoms with Crippen molar-refractivity contribution in [2.24, 2.45) is 10.7 Å². The van der Waals surface area contributed by atoms with Gasteiger partial charge in [0.2, 0.25) is 0 Å². The van der Waals surface area contributed by atoms with E-state index in [9.17, 15) is 14.0 Å². The van der Waals surface area contributed by atoms with E-state index in [0.29, 0.717) is 31.7 Å². The Kier molecular flexibility index (Phi) is 9.22. The van der Waals surface area contributed by atoms with Gasteiger partial charge in [-0.15, -0.1) is 0 Å². The van der Waals surface area contributed by atoms with Gasteiger partial charge in [-0.1, -0.05) is 41.9 Å². The van der Waals surface area contributed by atoms with Crippen molar-refractivity contribution in [2.75, 3.05) is 32.6 Å². The first-order chi connectivity index (χ1) is 16.8. The number of carbonyl (C=O) groups excluding carboxylic acids is 2. The quantitative estimate of drug-likeness (QED) is 0.364. The van der Waals surface area contributed by atoms with Gasteiger partial charge in [0.1, 0.15) is 6.10 Å². The fourth-order valence-corrected chi connectivity index (χ4v) is 3.92.